The summed E-state index contributed by atoms with van der Waals surface area (Å²) in [5.41, 5.74) is 0. The maximum absolute atomic E-state index is 4.44. The van der Waals surface area contributed by atoms with Crippen LogP contribution >= 0.6 is 15.9 Å². The van der Waals surface area contributed by atoms with Crippen LogP contribution in [0, 0.1) is 0 Å². The maximum Gasteiger partial charge on any atom is 0.150 e. The zero-order chi connectivity index (χ0) is 9.68. The third kappa shape index (κ3) is 2.79. The van der Waals surface area contributed by atoms with Crippen LogP contribution in [0.3, 0.4) is 0 Å². The number of hydrogen-bond acceptors (Lipinski definition) is 2. The van der Waals surface area contributed by atoms with E-state index in [2.05, 4.69) is 39.9 Å². The number of nitrogens with zero attached hydrogens (tertiary/aromatic N) is 3. The van der Waals surface area contributed by atoms with Crippen LogP contribution in [0.4, 0.5) is 0 Å². The van der Waals surface area contributed by atoms with Crippen LogP contribution in [0.1, 0.15) is 31.9 Å². The fourth-order valence-corrected chi connectivity index (χ4v) is 1.48. The van der Waals surface area contributed by atoms with Crippen LogP contribution < -0.4 is 0 Å². The number of aryl methyl sites for hydroxylation is 3. The van der Waals surface area contributed by atoms with Gasteiger partial charge in [0, 0.05) is 24.7 Å². The zero-order valence-electron chi connectivity index (χ0n) is 8.26. The van der Waals surface area contributed by atoms with Gasteiger partial charge in [-0.3, -0.25) is 0 Å². The van der Waals surface area contributed by atoms with Crippen LogP contribution in [0.25, 0.3) is 0 Å². The fraction of sp³-hybridized carbons (Fsp3) is 0.778. The van der Waals surface area contributed by atoms with E-state index in [9.17, 15) is 0 Å². The Morgan fingerprint density at radius 1 is 1.31 bits per heavy atom. The average Bonchev–Trinajstić information content (AvgIpc) is 2.57. The summed E-state index contributed by atoms with van der Waals surface area (Å²) in [4.78, 5) is 4.44. The summed E-state index contributed by atoms with van der Waals surface area (Å²) in [6.45, 7) is 5.18. The zero-order valence-corrected chi connectivity index (χ0v) is 9.84. The molecule has 74 valence electrons. The molecule has 0 aliphatic heterocycles. The lowest BCUT2D eigenvalue weighted by molar-refractivity contribution is 0.572. The molecule has 0 amide bonds. The van der Waals surface area contributed by atoms with E-state index in [-0.39, 0.29) is 0 Å². The van der Waals surface area contributed by atoms with Crippen molar-refractivity contribution in [3.05, 3.63) is 11.6 Å². The molecule has 13 heavy (non-hydrogen) atoms. The minimum absolute atomic E-state index is 0.925. The molecule has 0 radical (unpaired) electrons. The van der Waals surface area contributed by atoms with E-state index in [0.29, 0.717) is 0 Å². The normalized spacial score (nSPS) is 10.7. The predicted octanol–water partition coefficient (Wildman–Crippen LogP) is 2.19. The van der Waals surface area contributed by atoms with Crippen molar-refractivity contribution >= 4 is 15.9 Å². The van der Waals surface area contributed by atoms with E-state index in [4.69, 9.17) is 0 Å². The van der Waals surface area contributed by atoms with Gasteiger partial charge in [0.25, 0.3) is 0 Å². The van der Waals surface area contributed by atoms with Crippen molar-refractivity contribution in [1.82, 2.24) is 14.8 Å². The summed E-state index contributed by atoms with van der Waals surface area (Å²) >= 11 is 3.42. The van der Waals surface area contributed by atoms with Crippen LogP contribution in [-0.2, 0) is 19.4 Å². The van der Waals surface area contributed by atoms with Crippen molar-refractivity contribution in [1.29, 1.82) is 0 Å². The first-order valence-corrected chi connectivity index (χ1v) is 5.92. The lowest BCUT2D eigenvalue weighted by atomic mass is 10.4. The third-order valence-corrected chi connectivity index (χ3v) is 2.49. The summed E-state index contributed by atoms with van der Waals surface area (Å²) < 4.78 is 2.03. The van der Waals surface area contributed by atoms with Crippen molar-refractivity contribution in [2.45, 2.75) is 39.7 Å². The van der Waals surface area contributed by atoms with Crippen molar-refractivity contribution in [2.75, 3.05) is 5.33 Å². The molecule has 0 saturated heterocycles. The SMILES string of the molecule is CCc1nc(CC)n(CCCBr)n1. The smallest absolute Gasteiger partial charge is 0.150 e. The molecule has 1 rings (SSSR count). The van der Waals surface area contributed by atoms with E-state index in [1.165, 1.54) is 0 Å². The van der Waals surface area contributed by atoms with Gasteiger partial charge < -0.3 is 0 Å². The molecule has 1 heterocycles. The summed E-state index contributed by atoms with van der Waals surface area (Å²) in [5.74, 6) is 2.07. The molecule has 0 aromatic carbocycles. The van der Waals surface area contributed by atoms with Crippen LogP contribution in [0.15, 0.2) is 0 Å². The van der Waals surface area contributed by atoms with Gasteiger partial charge in [0.1, 0.15) is 5.82 Å². The van der Waals surface area contributed by atoms with E-state index in [0.717, 1.165) is 42.8 Å². The lowest BCUT2D eigenvalue weighted by Gasteiger charge is -2.01. The van der Waals surface area contributed by atoms with Gasteiger partial charge in [-0.05, 0) is 6.42 Å². The number of halogens is 1. The molecule has 0 fully saturated rings. The van der Waals surface area contributed by atoms with Crippen LogP contribution in [0.5, 0.6) is 0 Å². The Morgan fingerprint density at radius 2 is 2.08 bits per heavy atom. The molecule has 0 aliphatic carbocycles. The second kappa shape index (κ2) is 5.37. The van der Waals surface area contributed by atoms with Gasteiger partial charge in [-0.25, -0.2) is 9.67 Å². The molecule has 0 unspecified atom stereocenters. The quantitative estimate of drug-likeness (QED) is 0.745. The molecule has 0 saturated carbocycles. The standard InChI is InChI=1S/C9H16BrN3/c1-3-8-11-9(4-2)13(12-8)7-5-6-10/h3-7H2,1-2H3. The summed E-state index contributed by atoms with van der Waals surface area (Å²) in [7, 11) is 0. The first kappa shape index (κ1) is 10.7. The average molecular weight is 246 g/mol. The van der Waals surface area contributed by atoms with E-state index >= 15 is 0 Å². The molecule has 1 aromatic rings. The number of alkyl halides is 1. The monoisotopic (exact) mass is 245 g/mol. The molecule has 1 aromatic heterocycles. The Bertz CT molecular complexity index is 257. The lowest BCUT2D eigenvalue weighted by Crippen LogP contribution is -2.05. The Balaban J connectivity index is 2.71. The minimum Gasteiger partial charge on any atom is -0.250 e. The molecule has 3 nitrogen and oxygen atoms in total. The Morgan fingerprint density at radius 3 is 2.62 bits per heavy atom. The van der Waals surface area contributed by atoms with Crippen molar-refractivity contribution in [3.8, 4) is 0 Å². The summed E-state index contributed by atoms with van der Waals surface area (Å²) in [6, 6.07) is 0. The van der Waals surface area contributed by atoms with Crippen molar-refractivity contribution in [2.24, 2.45) is 0 Å². The highest BCUT2D eigenvalue weighted by Gasteiger charge is 2.05. The van der Waals surface area contributed by atoms with Gasteiger partial charge in [0.05, 0.1) is 0 Å². The van der Waals surface area contributed by atoms with Gasteiger partial charge in [0.15, 0.2) is 5.82 Å². The number of rotatable bonds is 5. The topological polar surface area (TPSA) is 30.7 Å². The van der Waals surface area contributed by atoms with Crippen molar-refractivity contribution in [3.63, 3.8) is 0 Å². The van der Waals surface area contributed by atoms with E-state index in [1.807, 2.05) is 4.68 Å². The molecule has 0 atom stereocenters. The first-order chi connectivity index (χ1) is 6.31. The second-order valence-electron chi connectivity index (χ2n) is 2.92. The maximum atomic E-state index is 4.44. The molecular formula is C9H16BrN3. The first-order valence-electron chi connectivity index (χ1n) is 4.80. The number of hydrogen-bond donors (Lipinski definition) is 0. The molecule has 0 aliphatic rings. The van der Waals surface area contributed by atoms with Gasteiger partial charge in [-0.15, -0.1) is 0 Å². The Hall–Kier alpha value is -0.380. The number of aromatic nitrogens is 3. The van der Waals surface area contributed by atoms with Gasteiger partial charge in [-0.1, -0.05) is 29.8 Å². The summed E-state index contributed by atoms with van der Waals surface area (Å²) in [5, 5.41) is 5.45. The molecule has 4 heteroatoms. The molecule has 0 N–H and O–H groups in total. The third-order valence-electron chi connectivity index (χ3n) is 1.93. The van der Waals surface area contributed by atoms with Gasteiger partial charge in [-0.2, -0.15) is 5.10 Å². The van der Waals surface area contributed by atoms with Crippen LogP contribution in [-0.4, -0.2) is 20.1 Å². The highest BCUT2D eigenvalue weighted by Crippen LogP contribution is 2.02. The second-order valence-corrected chi connectivity index (χ2v) is 3.71. The Labute approximate surface area is 87.7 Å². The van der Waals surface area contributed by atoms with Gasteiger partial charge >= 0.3 is 0 Å². The molecule has 0 spiro atoms. The van der Waals surface area contributed by atoms with Crippen LogP contribution in [0.2, 0.25) is 0 Å². The predicted molar refractivity (Wildman–Crippen MR) is 57.2 cm³/mol. The molecular weight excluding hydrogens is 230 g/mol. The largest absolute Gasteiger partial charge is 0.250 e. The van der Waals surface area contributed by atoms with E-state index < -0.39 is 0 Å². The van der Waals surface area contributed by atoms with E-state index in [1.54, 1.807) is 0 Å². The minimum atomic E-state index is 0.925. The van der Waals surface area contributed by atoms with Gasteiger partial charge in [0.2, 0.25) is 0 Å². The summed E-state index contributed by atoms with van der Waals surface area (Å²) in [6.07, 6.45) is 3.00. The highest BCUT2D eigenvalue weighted by atomic mass is 79.9. The highest BCUT2D eigenvalue weighted by molar-refractivity contribution is 9.09. The molecule has 0 bridgehead atoms. The Kier molecular flexibility index (Phi) is 4.42. The fourth-order valence-electron chi connectivity index (χ4n) is 1.23. The van der Waals surface area contributed by atoms with Crippen molar-refractivity contribution < 1.29 is 0 Å².